The highest BCUT2D eigenvalue weighted by Gasteiger charge is 2.73. The normalized spacial score (nSPS) is 54.5. The lowest BCUT2D eigenvalue weighted by Crippen LogP contribution is -2.43. The molecule has 0 saturated heterocycles. The number of hydrogen-bond donors (Lipinski definition) is 2. The quantitative estimate of drug-likeness (QED) is 0.742. The molecule has 3 heteroatoms. The summed E-state index contributed by atoms with van der Waals surface area (Å²) >= 11 is 0. The Hall–Kier alpha value is -0.670. The van der Waals surface area contributed by atoms with Gasteiger partial charge in [-0.25, -0.2) is 0 Å². The molecule has 0 aliphatic heterocycles. The Kier molecular flexibility index (Phi) is 2.37. The molecule has 2 saturated carbocycles. The molecule has 6 unspecified atom stereocenters. The fourth-order valence-corrected chi connectivity index (χ4v) is 4.77. The lowest BCUT2D eigenvalue weighted by Gasteiger charge is -2.47. The fourth-order valence-electron chi connectivity index (χ4n) is 4.77. The molecular formula is C15H22O3. The highest BCUT2D eigenvalue weighted by atomic mass is 16.3. The average Bonchev–Trinajstić information content (AvgIpc) is 2.98. The van der Waals surface area contributed by atoms with Gasteiger partial charge in [-0.15, -0.1) is 0 Å². The standard InChI is InChI=1S/C15H22O3/c1-8-4-5-10(17)9-6-11(18)12-13(15(8,9)3)14(12,2)7-16/h6,8,10,12-13,16-17H,4-5,7H2,1-3H3. The molecule has 100 valence electrons. The predicted molar refractivity (Wildman–Crippen MR) is 67.8 cm³/mol. The summed E-state index contributed by atoms with van der Waals surface area (Å²) in [5, 5.41) is 19.8. The molecule has 0 aromatic heterocycles. The van der Waals surface area contributed by atoms with E-state index >= 15 is 0 Å². The van der Waals surface area contributed by atoms with Crippen LogP contribution in [0, 0.1) is 28.6 Å². The fraction of sp³-hybridized carbons (Fsp3) is 0.800. The van der Waals surface area contributed by atoms with Gasteiger partial charge in [0.1, 0.15) is 0 Å². The smallest absolute Gasteiger partial charge is 0.159 e. The lowest BCUT2D eigenvalue weighted by atomic mass is 9.58. The van der Waals surface area contributed by atoms with Gasteiger partial charge in [-0.1, -0.05) is 20.8 Å². The Morgan fingerprint density at radius 1 is 1.39 bits per heavy atom. The topological polar surface area (TPSA) is 57.5 Å². The van der Waals surface area contributed by atoms with Crippen LogP contribution in [0.3, 0.4) is 0 Å². The average molecular weight is 250 g/mol. The molecule has 0 aromatic carbocycles. The maximum atomic E-state index is 12.2. The van der Waals surface area contributed by atoms with Crippen LogP contribution in [-0.4, -0.2) is 28.7 Å². The zero-order valence-corrected chi connectivity index (χ0v) is 11.3. The first-order valence-electron chi connectivity index (χ1n) is 6.92. The summed E-state index contributed by atoms with van der Waals surface area (Å²) in [6, 6.07) is 0. The number of fused-ring (bicyclic) bond motifs is 3. The van der Waals surface area contributed by atoms with Gasteiger partial charge in [0.2, 0.25) is 0 Å². The molecule has 0 heterocycles. The van der Waals surface area contributed by atoms with Crippen molar-refractivity contribution in [3.63, 3.8) is 0 Å². The van der Waals surface area contributed by atoms with Crippen LogP contribution in [0.5, 0.6) is 0 Å². The molecule has 3 aliphatic rings. The highest BCUT2D eigenvalue weighted by molar-refractivity contribution is 5.97. The second-order valence-electron chi connectivity index (χ2n) is 6.90. The van der Waals surface area contributed by atoms with Crippen molar-refractivity contribution in [2.45, 2.75) is 39.7 Å². The van der Waals surface area contributed by atoms with E-state index in [1.54, 1.807) is 6.08 Å². The summed E-state index contributed by atoms with van der Waals surface area (Å²) < 4.78 is 0. The van der Waals surface area contributed by atoms with Crippen molar-refractivity contribution >= 4 is 5.78 Å². The molecule has 18 heavy (non-hydrogen) atoms. The summed E-state index contributed by atoms with van der Waals surface area (Å²) in [6.45, 7) is 6.46. The molecule has 3 nitrogen and oxygen atoms in total. The first-order chi connectivity index (χ1) is 8.37. The number of aliphatic hydroxyl groups excluding tert-OH is 2. The van der Waals surface area contributed by atoms with Crippen molar-refractivity contribution in [3.8, 4) is 0 Å². The van der Waals surface area contributed by atoms with E-state index in [0.717, 1.165) is 18.4 Å². The molecule has 0 aromatic rings. The van der Waals surface area contributed by atoms with Gasteiger partial charge in [0.25, 0.3) is 0 Å². The van der Waals surface area contributed by atoms with E-state index in [1.165, 1.54) is 0 Å². The molecule has 0 spiro atoms. The maximum Gasteiger partial charge on any atom is 0.159 e. The van der Waals surface area contributed by atoms with Gasteiger partial charge in [-0.3, -0.25) is 4.79 Å². The van der Waals surface area contributed by atoms with Crippen LogP contribution < -0.4 is 0 Å². The minimum absolute atomic E-state index is 0.0380. The first-order valence-corrected chi connectivity index (χ1v) is 6.92. The number of carbonyl (C=O) groups excluding carboxylic acids is 1. The SMILES string of the molecule is CC1CCC(O)C2=CC(=O)C3C(C3(C)CO)C21C. The van der Waals surface area contributed by atoms with E-state index in [2.05, 4.69) is 13.8 Å². The summed E-state index contributed by atoms with van der Waals surface area (Å²) in [7, 11) is 0. The molecule has 2 N–H and O–H groups in total. The molecule has 6 atom stereocenters. The number of aliphatic hydroxyl groups is 2. The Morgan fingerprint density at radius 2 is 2.06 bits per heavy atom. The van der Waals surface area contributed by atoms with E-state index < -0.39 is 6.10 Å². The molecule has 0 bridgehead atoms. The Morgan fingerprint density at radius 3 is 2.67 bits per heavy atom. The van der Waals surface area contributed by atoms with Crippen LogP contribution in [0.2, 0.25) is 0 Å². The number of hydrogen-bond acceptors (Lipinski definition) is 3. The van der Waals surface area contributed by atoms with Crippen molar-refractivity contribution in [3.05, 3.63) is 11.6 Å². The molecule has 3 rings (SSSR count). The Labute approximate surface area is 108 Å². The second kappa shape index (κ2) is 3.45. The van der Waals surface area contributed by atoms with E-state index in [9.17, 15) is 15.0 Å². The van der Waals surface area contributed by atoms with E-state index in [4.69, 9.17) is 0 Å². The molecule has 2 fully saturated rings. The summed E-state index contributed by atoms with van der Waals surface area (Å²) in [5.41, 5.74) is 0.521. The number of carbonyl (C=O) groups is 1. The van der Waals surface area contributed by atoms with Crippen molar-refractivity contribution in [2.75, 3.05) is 6.61 Å². The van der Waals surface area contributed by atoms with E-state index in [0.29, 0.717) is 5.92 Å². The first kappa shape index (κ1) is 12.4. The van der Waals surface area contributed by atoms with E-state index in [-0.39, 0.29) is 35.1 Å². The van der Waals surface area contributed by atoms with E-state index in [1.807, 2.05) is 6.92 Å². The number of allylic oxidation sites excluding steroid dienone is 1. The zero-order valence-electron chi connectivity index (χ0n) is 11.3. The van der Waals surface area contributed by atoms with Gasteiger partial charge in [-0.05, 0) is 41.7 Å². The number of ketones is 1. The predicted octanol–water partition coefficient (Wildman–Crippen LogP) is 1.54. The maximum absolute atomic E-state index is 12.2. The van der Waals surface area contributed by atoms with Crippen LogP contribution in [0.1, 0.15) is 33.6 Å². The van der Waals surface area contributed by atoms with Gasteiger partial charge in [0.05, 0.1) is 6.10 Å². The summed E-state index contributed by atoms with van der Waals surface area (Å²) in [6.07, 6.45) is 2.96. The minimum atomic E-state index is -0.473. The minimum Gasteiger partial charge on any atom is -0.396 e. The monoisotopic (exact) mass is 250 g/mol. The van der Waals surface area contributed by atoms with Gasteiger partial charge in [-0.2, -0.15) is 0 Å². The van der Waals surface area contributed by atoms with Gasteiger partial charge < -0.3 is 10.2 Å². The molecular weight excluding hydrogens is 228 g/mol. The van der Waals surface area contributed by atoms with Crippen LogP contribution >= 0.6 is 0 Å². The largest absolute Gasteiger partial charge is 0.396 e. The molecule has 0 radical (unpaired) electrons. The molecule has 0 amide bonds. The van der Waals surface area contributed by atoms with Crippen molar-refractivity contribution in [1.82, 2.24) is 0 Å². The third-order valence-corrected chi connectivity index (χ3v) is 6.11. The number of rotatable bonds is 1. The van der Waals surface area contributed by atoms with Gasteiger partial charge >= 0.3 is 0 Å². The van der Waals surface area contributed by atoms with Crippen LogP contribution in [0.15, 0.2) is 11.6 Å². The second-order valence-corrected chi connectivity index (χ2v) is 6.90. The molecule has 3 aliphatic carbocycles. The van der Waals surface area contributed by atoms with Gasteiger partial charge in [0, 0.05) is 17.9 Å². The van der Waals surface area contributed by atoms with Gasteiger partial charge in [0.15, 0.2) is 5.78 Å². The highest BCUT2D eigenvalue weighted by Crippen LogP contribution is 2.73. The summed E-state index contributed by atoms with van der Waals surface area (Å²) in [4.78, 5) is 12.2. The summed E-state index contributed by atoms with van der Waals surface area (Å²) in [5.74, 6) is 0.731. The Bertz CT molecular complexity index is 441. The lowest BCUT2D eigenvalue weighted by molar-refractivity contribution is -0.118. The van der Waals surface area contributed by atoms with Crippen LogP contribution in [-0.2, 0) is 4.79 Å². The van der Waals surface area contributed by atoms with Crippen LogP contribution in [0.4, 0.5) is 0 Å². The zero-order chi connectivity index (χ0) is 13.3. The third-order valence-electron chi connectivity index (χ3n) is 6.11. The van der Waals surface area contributed by atoms with Crippen molar-refractivity contribution in [1.29, 1.82) is 0 Å². The van der Waals surface area contributed by atoms with Crippen molar-refractivity contribution in [2.24, 2.45) is 28.6 Å². The third kappa shape index (κ3) is 1.19. The van der Waals surface area contributed by atoms with Crippen molar-refractivity contribution < 1.29 is 15.0 Å². The van der Waals surface area contributed by atoms with Crippen LogP contribution in [0.25, 0.3) is 0 Å². The Balaban J connectivity index is 2.10.